The van der Waals surface area contributed by atoms with Gasteiger partial charge in [-0.1, -0.05) is 11.6 Å². The van der Waals surface area contributed by atoms with E-state index in [2.05, 4.69) is 10.3 Å². The van der Waals surface area contributed by atoms with Crippen LogP contribution in [0.25, 0.3) is 0 Å². The predicted octanol–water partition coefficient (Wildman–Crippen LogP) is 4.42. The molecular formula is C19H23ClN2O4. The van der Waals surface area contributed by atoms with Gasteiger partial charge in [0.2, 0.25) is 0 Å². The highest BCUT2D eigenvalue weighted by atomic mass is 35.5. The summed E-state index contributed by atoms with van der Waals surface area (Å²) < 4.78 is 10.5. The number of esters is 1. The Morgan fingerprint density at radius 1 is 1.19 bits per heavy atom. The number of rotatable bonds is 5. The highest BCUT2D eigenvalue weighted by Crippen LogP contribution is 2.31. The summed E-state index contributed by atoms with van der Waals surface area (Å²) in [5.74, 6) is -0.381. The molecule has 0 aliphatic heterocycles. The van der Waals surface area contributed by atoms with Crippen LogP contribution in [0, 0.1) is 20.8 Å². The number of aromatic amines is 1. The first-order valence-corrected chi connectivity index (χ1v) is 8.59. The first-order chi connectivity index (χ1) is 12.1. The lowest BCUT2D eigenvalue weighted by atomic mass is 10.1. The van der Waals surface area contributed by atoms with Gasteiger partial charge < -0.3 is 19.8 Å². The SMILES string of the molecule is COc1cc(Cl)c(C)cc1NC(=O)c1[nH]c(C)c(C(=O)OC(C)C)c1C. The van der Waals surface area contributed by atoms with Crippen LogP contribution in [-0.2, 0) is 4.74 Å². The van der Waals surface area contributed by atoms with Gasteiger partial charge in [-0.25, -0.2) is 4.79 Å². The summed E-state index contributed by atoms with van der Waals surface area (Å²) in [7, 11) is 1.50. The van der Waals surface area contributed by atoms with Crippen molar-refractivity contribution < 1.29 is 19.1 Å². The maximum absolute atomic E-state index is 12.7. The third-order valence-corrected chi connectivity index (χ3v) is 4.35. The molecule has 140 valence electrons. The van der Waals surface area contributed by atoms with Crippen LogP contribution in [0.2, 0.25) is 5.02 Å². The number of hydrogen-bond acceptors (Lipinski definition) is 4. The summed E-state index contributed by atoms with van der Waals surface area (Å²) in [5.41, 5.74) is 3.10. The number of aryl methyl sites for hydroxylation is 2. The quantitative estimate of drug-likeness (QED) is 0.754. The van der Waals surface area contributed by atoms with Crippen LogP contribution in [0.4, 0.5) is 5.69 Å². The lowest BCUT2D eigenvalue weighted by molar-refractivity contribution is 0.0376. The fourth-order valence-electron chi connectivity index (χ4n) is 2.67. The van der Waals surface area contributed by atoms with Gasteiger partial charge in [0, 0.05) is 16.8 Å². The molecule has 0 aliphatic carbocycles. The van der Waals surface area contributed by atoms with E-state index in [4.69, 9.17) is 21.1 Å². The van der Waals surface area contributed by atoms with Gasteiger partial charge in [0.15, 0.2) is 0 Å². The van der Waals surface area contributed by atoms with E-state index in [9.17, 15) is 9.59 Å². The average molecular weight is 379 g/mol. The van der Waals surface area contributed by atoms with Gasteiger partial charge in [-0.3, -0.25) is 4.79 Å². The molecule has 0 fully saturated rings. The van der Waals surface area contributed by atoms with Gasteiger partial charge >= 0.3 is 5.97 Å². The average Bonchev–Trinajstić information content (AvgIpc) is 2.84. The predicted molar refractivity (Wildman–Crippen MR) is 102 cm³/mol. The van der Waals surface area contributed by atoms with Gasteiger partial charge in [0.05, 0.1) is 24.5 Å². The van der Waals surface area contributed by atoms with E-state index >= 15 is 0 Å². The Morgan fingerprint density at radius 3 is 2.42 bits per heavy atom. The molecule has 0 saturated heterocycles. The first-order valence-electron chi connectivity index (χ1n) is 8.21. The second kappa shape index (κ2) is 7.83. The van der Waals surface area contributed by atoms with Crippen molar-refractivity contribution in [3.05, 3.63) is 45.2 Å². The number of anilines is 1. The number of amides is 1. The van der Waals surface area contributed by atoms with Gasteiger partial charge in [-0.15, -0.1) is 0 Å². The molecule has 0 aliphatic rings. The van der Waals surface area contributed by atoms with Crippen molar-refractivity contribution in [1.29, 1.82) is 0 Å². The molecule has 1 aromatic heterocycles. The van der Waals surface area contributed by atoms with Crippen LogP contribution in [0.15, 0.2) is 12.1 Å². The molecule has 0 unspecified atom stereocenters. The van der Waals surface area contributed by atoms with E-state index in [1.165, 1.54) is 7.11 Å². The minimum Gasteiger partial charge on any atom is -0.495 e. The summed E-state index contributed by atoms with van der Waals surface area (Å²) in [5, 5.41) is 3.35. The van der Waals surface area contributed by atoms with Crippen LogP contribution in [0.3, 0.4) is 0 Å². The zero-order valence-electron chi connectivity index (χ0n) is 15.7. The van der Waals surface area contributed by atoms with Crippen LogP contribution >= 0.6 is 11.6 Å². The largest absolute Gasteiger partial charge is 0.495 e. The van der Waals surface area contributed by atoms with E-state index in [0.717, 1.165) is 5.56 Å². The van der Waals surface area contributed by atoms with Crippen LogP contribution in [0.5, 0.6) is 5.75 Å². The second-order valence-electron chi connectivity index (χ2n) is 6.33. The molecule has 0 radical (unpaired) electrons. The third kappa shape index (κ3) is 4.02. The van der Waals surface area contributed by atoms with Gasteiger partial charge in [0.1, 0.15) is 11.4 Å². The molecule has 26 heavy (non-hydrogen) atoms. The second-order valence-corrected chi connectivity index (χ2v) is 6.74. The van der Waals surface area contributed by atoms with Crippen LogP contribution in [-0.4, -0.2) is 30.1 Å². The van der Waals surface area contributed by atoms with Crippen molar-refractivity contribution in [2.45, 2.75) is 40.7 Å². The molecule has 1 aromatic carbocycles. The van der Waals surface area contributed by atoms with E-state index in [1.54, 1.807) is 39.8 Å². The lowest BCUT2D eigenvalue weighted by Gasteiger charge is -2.12. The molecule has 1 heterocycles. The fraction of sp³-hybridized carbons (Fsp3) is 0.368. The maximum atomic E-state index is 12.7. The molecule has 7 heteroatoms. The molecule has 2 N–H and O–H groups in total. The smallest absolute Gasteiger partial charge is 0.340 e. The summed E-state index contributed by atoms with van der Waals surface area (Å²) in [6.07, 6.45) is -0.241. The van der Waals surface area contributed by atoms with Crippen molar-refractivity contribution in [2.24, 2.45) is 0 Å². The van der Waals surface area contributed by atoms with E-state index in [1.807, 2.05) is 6.92 Å². The number of nitrogens with one attached hydrogen (secondary N) is 2. The van der Waals surface area contributed by atoms with Crippen molar-refractivity contribution >= 4 is 29.2 Å². The molecule has 2 aromatic rings. The molecule has 0 spiro atoms. The molecular weight excluding hydrogens is 356 g/mol. The summed E-state index contributed by atoms with van der Waals surface area (Å²) in [4.78, 5) is 28.0. The standard InChI is InChI=1S/C19H23ClN2O4/c1-9(2)26-19(24)16-11(4)17(21-12(16)5)18(23)22-14-7-10(3)13(20)8-15(14)25-6/h7-9,21H,1-6H3,(H,22,23). The van der Waals surface area contributed by atoms with Crippen molar-refractivity contribution in [3.8, 4) is 5.75 Å². The molecule has 0 saturated carbocycles. The van der Waals surface area contributed by atoms with Gasteiger partial charge in [0.25, 0.3) is 5.91 Å². The Bertz CT molecular complexity index is 856. The molecule has 6 nitrogen and oxygen atoms in total. The number of hydrogen-bond donors (Lipinski definition) is 2. The van der Waals surface area contributed by atoms with Gasteiger partial charge in [-0.05, 0) is 51.8 Å². The van der Waals surface area contributed by atoms with Gasteiger partial charge in [-0.2, -0.15) is 0 Å². The molecule has 0 bridgehead atoms. The zero-order valence-corrected chi connectivity index (χ0v) is 16.5. The number of benzene rings is 1. The normalized spacial score (nSPS) is 10.8. The Balaban J connectivity index is 2.34. The number of ether oxygens (including phenoxy) is 2. The fourth-order valence-corrected chi connectivity index (χ4v) is 2.82. The van der Waals surface area contributed by atoms with Crippen LogP contribution < -0.4 is 10.1 Å². The minimum atomic E-state index is -0.454. The highest BCUT2D eigenvalue weighted by molar-refractivity contribution is 6.31. The Hall–Kier alpha value is -2.47. The highest BCUT2D eigenvalue weighted by Gasteiger charge is 2.24. The monoisotopic (exact) mass is 378 g/mol. The molecule has 2 rings (SSSR count). The summed E-state index contributed by atoms with van der Waals surface area (Å²) in [6.45, 7) is 8.82. The Morgan fingerprint density at radius 2 is 1.85 bits per heavy atom. The van der Waals surface area contributed by atoms with E-state index in [0.29, 0.717) is 39.0 Å². The number of aromatic nitrogens is 1. The minimum absolute atomic E-state index is 0.241. The summed E-state index contributed by atoms with van der Waals surface area (Å²) >= 11 is 6.09. The maximum Gasteiger partial charge on any atom is 0.340 e. The van der Waals surface area contributed by atoms with E-state index in [-0.39, 0.29) is 12.0 Å². The number of carbonyl (C=O) groups is 2. The number of halogens is 1. The topological polar surface area (TPSA) is 80.4 Å². The Kier molecular flexibility index (Phi) is 5.97. The number of carbonyl (C=O) groups excluding carboxylic acids is 2. The third-order valence-electron chi connectivity index (χ3n) is 3.94. The number of methoxy groups -OCH3 is 1. The number of H-pyrrole nitrogens is 1. The zero-order chi connectivity index (χ0) is 19.6. The van der Waals surface area contributed by atoms with Crippen molar-refractivity contribution in [1.82, 2.24) is 4.98 Å². The first kappa shape index (κ1) is 19.8. The van der Waals surface area contributed by atoms with E-state index < -0.39 is 5.97 Å². The summed E-state index contributed by atoms with van der Waals surface area (Å²) in [6, 6.07) is 3.38. The lowest BCUT2D eigenvalue weighted by Crippen LogP contribution is -2.16. The Labute approximate surface area is 157 Å². The van der Waals surface area contributed by atoms with Crippen molar-refractivity contribution in [2.75, 3.05) is 12.4 Å². The van der Waals surface area contributed by atoms with Crippen molar-refractivity contribution in [3.63, 3.8) is 0 Å². The van der Waals surface area contributed by atoms with Crippen LogP contribution in [0.1, 0.15) is 51.5 Å². The molecule has 0 atom stereocenters. The molecule has 1 amide bonds.